The fourth-order valence-corrected chi connectivity index (χ4v) is 14.8. The average molecular weight is 725 g/mol. The van der Waals surface area contributed by atoms with Crippen LogP contribution in [0.2, 0.25) is 0 Å². The lowest BCUT2D eigenvalue weighted by atomic mass is 9.31. The van der Waals surface area contributed by atoms with Gasteiger partial charge in [-0.1, -0.05) is 105 Å². The number of hydrogen-bond acceptors (Lipinski definition) is 2. The lowest BCUT2D eigenvalue weighted by Gasteiger charge is -2.58. The van der Waals surface area contributed by atoms with E-state index in [1.165, 1.54) is 108 Å². The van der Waals surface area contributed by atoms with Crippen LogP contribution in [0.15, 0.2) is 102 Å². The molecule has 6 fully saturated rings. The molecule has 0 saturated heterocycles. The lowest BCUT2D eigenvalue weighted by molar-refractivity contribution is -0.00515. The Morgan fingerprint density at radius 2 is 1.40 bits per heavy atom. The maximum atomic E-state index is 2.94. The van der Waals surface area contributed by atoms with E-state index in [4.69, 9.17) is 0 Å². The summed E-state index contributed by atoms with van der Waals surface area (Å²) in [6.45, 7) is 0.321. The van der Waals surface area contributed by atoms with E-state index in [2.05, 4.69) is 94.8 Å². The smallest absolute Gasteiger partial charge is 0.247 e. The summed E-state index contributed by atoms with van der Waals surface area (Å²) in [5, 5.41) is 0. The summed E-state index contributed by atoms with van der Waals surface area (Å²) in [5.41, 5.74) is 16.4. The standard InChI is InChI=1S/C52H61BN2/c1-5-13-38(14-6-1)40-21-23-47-45(28-40)53-46-29-41(39-15-7-2-8-16-39)22-24-48(46)55(44-19-11-4-12-20-44)50-31-42(52-32-35-25-36(33-52)27-37(26-35)34-52)30-49(51(50)53)54(47)43-17-9-3-10-18-43/h3-4,9-11,17,19,21-23,28-31,35-39,43,48H,1-2,5-8,12-16,18,20,24-27,32-34H2. The topological polar surface area (TPSA) is 6.48 Å². The van der Waals surface area contributed by atoms with Crippen molar-refractivity contribution in [3.63, 3.8) is 0 Å². The maximum Gasteiger partial charge on any atom is 0.247 e. The van der Waals surface area contributed by atoms with Crippen LogP contribution >= 0.6 is 0 Å². The Kier molecular flexibility index (Phi) is 8.15. The third kappa shape index (κ3) is 5.47. The van der Waals surface area contributed by atoms with Gasteiger partial charge >= 0.3 is 0 Å². The highest BCUT2D eigenvalue weighted by atomic mass is 15.2. The molecule has 2 heterocycles. The van der Waals surface area contributed by atoms with E-state index in [9.17, 15) is 0 Å². The van der Waals surface area contributed by atoms with Crippen LogP contribution in [0.5, 0.6) is 0 Å². The summed E-state index contributed by atoms with van der Waals surface area (Å²) in [6, 6.07) is 14.3. The molecule has 282 valence electrons. The molecule has 13 rings (SSSR count). The molecule has 0 spiro atoms. The van der Waals surface area contributed by atoms with Crippen LogP contribution in [-0.2, 0) is 5.41 Å². The Labute approximate surface area is 331 Å². The minimum absolute atomic E-state index is 0.321. The molecular weight excluding hydrogens is 663 g/mol. The molecule has 0 aromatic heterocycles. The molecule has 0 N–H and O–H groups in total. The van der Waals surface area contributed by atoms with E-state index in [0.29, 0.717) is 30.1 Å². The van der Waals surface area contributed by atoms with E-state index >= 15 is 0 Å². The Balaban J connectivity index is 1.11. The van der Waals surface area contributed by atoms with Gasteiger partial charge < -0.3 is 9.80 Å². The molecule has 2 unspecified atom stereocenters. The molecule has 11 aliphatic rings. The predicted octanol–water partition coefficient (Wildman–Crippen LogP) is 11.9. The third-order valence-electron chi connectivity index (χ3n) is 16.9. The second-order valence-electron chi connectivity index (χ2n) is 20.1. The first-order valence-corrected chi connectivity index (χ1v) is 23.2. The monoisotopic (exact) mass is 724 g/mol. The molecule has 2 aromatic rings. The summed E-state index contributed by atoms with van der Waals surface area (Å²) < 4.78 is 0. The van der Waals surface area contributed by atoms with Crippen LogP contribution in [0.1, 0.15) is 145 Å². The van der Waals surface area contributed by atoms with Gasteiger partial charge in [0.15, 0.2) is 0 Å². The van der Waals surface area contributed by atoms with Gasteiger partial charge in [-0.2, -0.15) is 0 Å². The Hall–Kier alpha value is -3.46. The van der Waals surface area contributed by atoms with Crippen molar-refractivity contribution >= 4 is 34.7 Å². The number of nitrogens with zero attached hydrogens (tertiary/aromatic N) is 2. The molecule has 2 atom stereocenters. The van der Waals surface area contributed by atoms with Crippen molar-refractivity contribution in [3.05, 3.63) is 113 Å². The van der Waals surface area contributed by atoms with Gasteiger partial charge in [0.25, 0.3) is 0 Å². The second-order valence-corrected chi connectivity index (χ2v) is 20.1. The van der Waals surface area contributed by atoms with E-state index in [1.807, 2.05) is 0 Å². The number of benzene rings is 2. The van der Waals surface area contributed by atoms with Gasteiger partial charge in [-0.05, 0) is 177 Å². The molecule has 4 bridgehead atoms. The molecule has 0 radical (unpaired) electrons. The van der Waals surface area contributed by atoms with Crippen molar-refractivity contribution in [3.8, 4) is 0 Å². The fraction of sp³-hybridized carbons (Fsp3) is 0.538. The first kappa shape index (κ1) is 33.7. The highest BCUT2D eigenvalue weighted by Gasteiger charge is 2.54. The quantitative estimate of drug-likeness (QED) is 0.283. The first-order chi connectivity index (χ1) is 27.2. The maximum absolute atomic E-state index is 2.94. The van der Waals surface area contributed by atoms with E-state index in [1.54, 1.807) is 50.2 Å². The molecule has 9 aliphatic carbocycles. The van der Waals surface area contributed by atoms with Gasteiger partial charge in [-0.15, -0.1) is 0 Å². The molecule has 6 saturated carbocycles. The average Bonchev–Trinajstić information content (AvgIpc) is 3.24. The minimum atomic E-state index is 0.321. The molecule has 55 heavy (non-hydrogen) atoms. The summed E-state index contributed by atoms with van der Waals surface area (Å²) in [7, 11) is 0. The fourth-order valence-electron chi connectivity index (χ4n) is 14.8. The first-order valence-electron chi connectivity index (χ1n) is 23.2. The lowest BCUT2D eigenvalue weighted by Crippen LogP contribution is -2.63. The van der Waals surface area contributed by atoms with Crippen molar-refractivity contribution in [1.29, 1.82) is 0 Å². The van der Waals surface area contributed by atoms with Crippen molar-refractivity contribution in [2.45, 2.75) is 152 Å². The van der Waals surface area contributed by atoms with E-state index < -0.39 is 0 Å². The van der Waals surface area contributed by atoms with Gasteiger partial charge in [0.05, 0.1) is 12.1 Å². The molecule has 2 aliphatic heterocycles. The van der Waals surface area contributed by atoms with E-state index in [0.717, 1.165) is 49.4 Å². The summed E-state index contributed by atoms with van der Waals surface area (Å²) >= 11 is 0. The highest BCUT2D eigenvalue weighted by molar-refractivity contribution is 6.95. The van der Waals surface area contributed by atoms with E-state index in [-0.39, 0.29) is 0 Å². The van der Waals surface area contributed by atoms with Gasteiger partial charge in [-0.25, -0.2) is 0 Å². The van der Waals surface area contributed by atoms with Crippen LogP contribution in [0.25, 0.3) is 0 Å². The largest absolute Gasteiger partial charge is 0.339 e. The van der Waals surface area contributed by atoms with Crippen molar-refractivity contribution in [1.82, 2.24) is 0 Å². The van der Waals surface area contributed by atoms with Gasteiger partial charge in [0.1, 0.15) is 0 Å². The van der Waals surface area contributed by atoms with Crippen LogP contribution < -0.4 is 20.7 Å². The van der Waals surface area contributed by atoms with Gasteiger partial charge in [-0.3, -0.25) is 0 Å². The van der Waals surface area contributed by atoms with Gasteiger partial charge in [0.2, 0.25) is 6.71 Å². The zero-order valence-electron chi connectivity index (χ0n) is 33.2. The Morgan fingerprint density at radius 1 is 0.673 bits per heavy atom. The Bertz CT molecular complexity index is 2030. The van der Waals surface area contributed by atoms with Crippen LogP contribution in [0, 0.1) is 23.7 Å². The normalized spacial score (nSPS) is 33.6. The summed E-state index contributed by atoms with van der Waals surface area (Å²) in [4.78, 5) is 5.81. The number of rotatable bonds is 5. The SMILES string of the molecule is C1=CCCC(N2c3cc(C45CC6CC(CC(C6)C4)C5)cc4c3B(C3=CC(C5CCCCC5)=CCC32)c2cc(C3CCCCC3)ccc2N4C2C=CC=CC2)=C1. The third-order valence-corrected chi connectivity index (χ3v) is 16.9. The molecule has 2 aromatic carbocycles. The number of allylic oxidation sites excluding steroid dienone is 8. The zero-order chi connectivity index (χ0) is 36.1. The highest BCUT2D eigenvalue weighted by Crippen LogP contribution is 2.62. The second kappa shape index (κ2) is 13.3. The van der Waals surface area contributed by atoms with Crippen LogP contribution in [0.3, 0.4) is 0 Å². The van der Waals surface area contributed by atoms with Crippen LogP contribution in [0.4, 0.5) is 17.1 Å². The van der Waals surface area contributed by atoms with Crippen molar-refractivity contribution < 1.29 is 0 Å². The van der Waals surface area contributed by atoms with Gasteiger partial charge in [0, 0.05) is 22.8 Å². The number of hydrogen-bond donors (Lipinski definition) is 0. The van der Waals surface area contributed by atoms with Crippen LogP contribution in [-0.4, -0.2) is 18.8 Å². The number of fused-ring (bicyclic) bond motifs is 4. The van der Waals surface area contributed by atoms with Crippen molar-refractivity contribution in [2.75, 3.05) is 9.80 Å². The Morgan fingerprint density at radius 3 is 2.09 bits per heavy atom. The predicted molar refractivity (Wildman–Crippen MR) is 232 cm³/mol. The zero-order valence-corrected chi connectivity index (χ0v) is 33.2. The van der Waals surface area contributed by atoms with Crippen molar-refractivity contribution in [2.24, 2.45) is 23.7 Å². The number of anilines is 3. The molecule has 2 nitrogen and oxygen atoms in total. The molecule has 3 heteroatoms. The minimum Gasteiger partial charge on any atom is -0.339 e. The molecule has 0 amide bonds. The molecular formula is C52H61BN2. The summed E-state index contributed by atoms with van der Waals surface area (Å²) in [5.74, 6) is 4.25. The summed E-state index contributed by atoms with van der Waals surface area (Å²) in [6.07, 6.45) is 49.4.